The van der Waals surface area contributed by atoms with E-state index in [0.29, 0.717) is 54.0 Å². The van der Waals surface area contributed by atoms with Crippen molar-refractivity contribution in [3.8, 4) is 0 Å². The van der Waals surface area contributed by atoms with Crippen LogP contribution >= 0.6 is 0 Å². The van der Waals surface area contributed by atoms with Gasteiger partial charge in [-0.05, 0) is 73.1 Å². The molecule has 1 saturated carbocycles. The fraction of sp³-hybridized carbons (Fsp3) is 0.344. The SMILES string of the molecule is O=C(c1cc(Cc2n[nH]c(=O)c3c2NCCC3)ccc1F)N1CCc2cc(Nc3ncc(C(F)(F)F)c(NC4CC4)n3)ccc2C1. The van der Waals surface area contributed by atoms with Crippen molar-refractivity contribution in [2.24, 2.45) is 0 Å². The number of hydrogen-bond donors (Lipinski definition) is 4. The number of aromatic amines is 1. The fourth-order valence-corrected chi connectivity index (χ4v) is 5.91. The number of alkyl halides is 3. The average molecular weight is 635 g/mol. The van der Waals surface area contributed by atoms with Gasteiger partial charge >= 0.3 is 6.18 Å². The summed E-state index contributed by atoms with van der Waals surface area (Å²) in [6, 6.07) is 9.84. The lowest BCUT2D eigenvalue weighted by atomic mass is 9.97. The smallest absolute Gasteiger partial charge is 0.383 e. The number of halogens is 4. The van der Waals surface area contributed by atoms with Gasteiger partial charge in [0.2, 0.25) is 5.95 Å². The number of carbonyl (C=O) groups is 1. The van der Waals surface area contributed by atoms with Gasteiger partial charge in [-0.15, -0.1) is 0 Å². The monoisotopic (exact) mass is 634 g/mol. The molecule has 0 unspecified atom stereocenters. The summed E-state index contributed by atoms with van der Waals surface area (Å²) in [6.07, 6.45) is 0.0874. The second-order valence-electron chi connectivity index (χ2n) is 11.8. The molecule has 0 radical (unpaired) electrons. The highest BCUT2D eigenvalue weighted by Gasteiger charge is 2.37. The first-order chi connectivity index (χ1) is 22.1. The van der Waals surface area contributed by atoms with Crippen LogP contribution < -0.4 is 21.5 Å². The zero-order valence-corrected chi connectivity index (χ0v) is 24.6. The molecular formula is C32H30F4N8O2. The number of aromatic nitrogens is 4. The molecule has 0 bridgehead atoms. The van der Waals surface area contributed by atoms with Gasteiger partial charge in [-0.2, -0.15) is 23.3 Å². The van der Waals surface area contributed by atoms with Crippen LogP contribution in [0, 0.1) is 5.82 Å². The van der Waals surface area contributed by atoms with E-state index in [2.05, 4.69) is 36.1 Å². The normalized spacial score (nSPS) is 15.9. The topological polar surface area (TPSA) is 128 Å². The summed E-state index contributed by atoms with van der Waals surface area (Å²) in [5.41, 5.74) is 3.93. The number of fused-ring (bicyclic) bond motifs is 2. The summed E-state index contributed by atoms with van der Waals surface area (Å²) in [6.45, 7) is 1.35. The summed E-state index contributed by atoms with van der Waals surface area (Å²) in [5, 5.41) is 15.8. The Morgan fingerprint density at radius 1 is 1.09 bits per heavy atom. The molecule has 0 spiro atoms. The van der Waals surface area contributed by atoms with Gasteiger partial charge in [-0.25, -0.2) is 14.5 Å². The van der Waals surface area contributed by atoms with Gasteiger partial charge in [0.1, 0.15) is 17.2 Å². The van der Waals surface area contributed by atoms with E-state index >= 15 is 0 Å². The minimum atomic E-state index is -4.58. The Kier molecular flexibility index (Phi) is 7.57. The largest absolute Gasteiger partial charge is 0.421 e. The molecule has 7 rings (SSSR count). The van der Waals surface area contributed by atoms with Gasteiger partial charge in [0.15, 0.2) is 0 Å². The van der Waals surface area contributed by atoms with Crippen molar-refractivity contribution < 1.29 is 22.4 Å². The quantitative estimate of drug-likeness (QED) is 0.205. The number of rotatable bonds is 7. The van der Waals surface area contributed by atoms with Gasteiger partial charge in [0, 0.05) is 49.5 Å². The average Bonchev–Trinajstić information content (AvgIpc) is 3.86. The molecule has 14 heteroatoms. The summed E-state index contributed by atoms with van der Waals surface area (Å²) in [5.74, 6) is -1.27. The van der Waals surface area contributed by atoms with Crippen LogP contribution in [0.1, 0.15) is 63.1 Å². The minimum Gasteiger partial charge on any atom is -0.383 e. The van der Waals surface area contributed by atoms with Gasteiger partial charge in [0.25, 0.3) is 11.5 Å². The summed E-state index contributed by atoms with van der Waals surface area (Å²) in [4.78, 5) is 35.3. The van der Waals surface area contributed by atoms with Crippen LogP contribution in [0.15, 0.2) is 47.4 Å². The molecular weight excluding hydrogens is 604 g/mol. The number of H-pyrrole nitrogens is 1. The van der Waals surface area contributed by atoms with Crippen molar-refractivity contribution in [1.29, 1.82) is 0 Å². The van der Waals surface area contributed by atoms with Crippen LogP contribution in [-0.2, 0) is 32.0 Å². The van der Waals surface area contributed by atoms with Crippen molar-refractivity contribution in [2.45, 2.75) is 57.3 Å². The predicted molar refractivity (Wildman–Crippen MR) is 163 cm³/mol. The van der Waals surface area contributed by atoms with E-state index in [1.807, 2.05) is 12.1 Å². The maximum Gasteiger partial charge on any atom is 0.421 e. The van der Waals surface area contributed by atoms with Crippen molar-refractivity contribution in [3.05, 3.63) is 97.8 Å². The maximum atomic E-state index is 15.0. The molecule has 1 fully saturated rings. The number of nitrogens with one attached hydrogen (secondary N) is 4. The third kappa shape index (κ3) is 6.11. The van der Waals surface area contributed by atoms with E-state index in [1.165, 1.54) is 6.07 Å². The molecule has 46 heavy (non-hydrogen) atoms. The maximum absolute atomic E-state index is 15.0. The molecule has 238 valence electrons. The first-order valence-corrected chi connectivity index (χ1v) is 15.1. The molecule has 4 heterocycles. The molecule has 2 aromatic carbocycles. The van der Waals surface area contributed by atoms with E-state index in [4.69, 9.17) is 0 Å². The molecule has 1 amide bonds. The Labute approximate surface area is 260 Å². The summed E-state index contributed by atoms with van der Waals surface area (Å²) in [7, 11) is 0. The van der Waals surface area contributed by atoms with Gasteiger partial charge in [-0.3, -0.25) is 9.59 Å². The number of anilines is 4. The Morgan fingerprint density at radius 2 is 1.93 bits per heavy atom. The lowest BCUT2D eigenvalue weighted by Crippen LogP contribution is -2.36. The van der Waals surface area contributed by atoms with Crippen LogP contribution in [0.25, 0.3) is 0 Å². The van der Waals surface area contributed by atoms with Crippen LogP contribution in [0.3, 0.4) is 0 Å². The zero-order chi connectivity index (χ0) is 32.0. The highest BCUT2D eigenvalue weighted by Crippen LogP contribution is 2.36. The van der Waals surface area contributed by atoms with Crippen molar-refractivity contribution in [1.82, 2.24) is 25.1 Å². The number of hydrogen-bond acceptors (Lipinski definition) is 8. The van der Waals surface area contributed by atoms with Crippen LogP contribution in [0.4, 0.5) is 40.7 Å². The van der Waals surface area contributed by atoms with E-state index in [1.54, 1.807) is 23.1 Å². The standard InChI is InChI=1S/C32H30F4N8O2/c33-25-8-3-17(13-26-27-22(2-1-10-37-27)29(45)43-42-26)12-23(25)30(46)44-11-9-18-14-21(5-4-19(18)16-44)40-31-38-15-24(32(34,35)36)28(41-31)39-20-6-7-20/h3-5,8,12,14-15,20,37H,1-2,6-7,9-11,13,16H2,(H,43,45)(H2,38,39,40,41). The number of amides is 1. The number of nitrogens with zero attached hydrogens (tertiary/aromatic N) is 4. The Hall–Kier alpha value is -5.01. The molecule has 0 atom stereocenters. The van der Waals surface area contributed by atoms with E-state index in [0.717, 1.165) is 43.1 Å². The van der Waals surface area contributed by atoms with Gasteiger partial charge in [0.05, 0.1) is 16.9 Å². The summed E-state index contributed by atoms with van der Waals surface area (Å²) < 4.78 is 55.3. The molecule has 3 aliphatic rings. The van der Waals surface area contributed by atoms with E-state index in [-0.39, 0.29) is 35.5 Å². The molecule has 4 N–H and O–H groups in total. The third-order valence-electron chi connectivity index (χ3n) is 8.47. The van der Waals surface area contributed by atoms with E-state index in [9.17, 15) is 27.2 Å². The first kappa shape index (κ1) is 29.7. The zero-order valence-electron chi connectivity index (χ0n) is 24.6. The molecule has 2 aromatic heterocycles. The van der Waals surface area contributed by atoms with Crippen LogP contribution in [-0.4, -0.2) is 50.1 Å². The van der Waals surface area contributed by atoms with Gasteiger partial charge < -0.3 is 20.9 Å². The Bertz CT molecular complexity index is 1890. The van der Waals surface area contributed by atoms with Crippen LogP contribution in [0.5, 0.6) is 0 Å². The molecule has 10 nitrogen and oxygen atoms in total. The minimum absolute atomic E-state index is 0.0237. The lowest BCUT2D eigenvalue weighted by Gasteiger charge is -2.29. The third-order valence-corrected chi connectivity index (χ3v) is 8.47. The number of carbonyl (C=O) groups excluding carboxylic acids is 1. The number of benzene rings is 2. The fourth-order valence-electron chi connectivity index (χ4n) is 5.91. The van der Waals surface area contributed by atoms with Crippen molar-refractivity contribution in [2.75, 3.05) is 29.0 Å². The second-order valence-corrected chi connectivity index (χ2v) is 11.8. The molecule has 4 aromatic rings. The van der Waals surface area contributed by atoms with E-state index < -0.39 is 23.5 Å². The Balaban J connectivity index is 1.05. The second kappa shape index (κ2) is 11.7. The Morgan fingerprint density at radius 3 is 2.74 bits per heavy atom. The predicted octanol–water partition coefficient (Wildman–Crippen LogP) is 5.18. The highest BCUT2D eigenvalue weighted by molar-refractivity contribution is 5.95. The highest BCUT2D eigenvalue weighted by atomic mass is 19.4. The van der Waals surface area contributed by atoms with Gasteiger partial charge in [-0.1, -0.05) is 12.1 Å². The lowest BCUT2D eigenvalue weighted by molar-refractivity contribution is -0.137. The molecule has 1 aliphatic carbocycles. The molecule has 2 aliphatic heterocycles. The van der Waals surface area contributed by atoms with Crippen molar-refractivity contribution >= 4 is 29.0 Å². The van der Waals surface area contributed by atoms with Crippen molar-refractivity contribution in [3.63, 3.8) is 0 Å². The molecule has 0 saturated heterocycles. The van der Waals surface area contributed by atoms with Crippen LogP contribution in [0.2, 0.25) is 0 Å². The summed E-state index contributed by atoms with van der Waals surface area (Å²) >= 11 is 0. The first-order valence-electron chi connectivity index (χ1n) is 15.1.